The molecule has 2 aliphatic rings. The number of benzene rings is 1. The minimum Gasteiger partial charge on any atom is -0.376 e. The Kier molecular flexibility index (Phi) is 6.87. The summed E-state index contributed by atoms with van der Waals surface area (Å²) in [5.74, 6) is 0.619. The number of carbonyl (C=O) groups excluding carboxylic acids is 1. The molecule has 2 saturated heterocycles. The summed E-state index contributed by atoms with van der Waals surface area (Å²) in [7, 11) is 0. The Bertz CT molecular complexity index is 1030. The predicted molar refractivity (Wildman–Crippen MR) is 120 cm³/mol. The molecule has 0 bridgehead atoms. The number of hydrogen-bond acceptors (Lipinski definition) is 5. The van der Waals surface area contributed by atoms with Gasteiger partial charge in [-0.3, -0.25) is 14.2 Å². The van der Waals surface area contributed by atoms with Crippen molar-refractivity contribution in [3.8, 4) is 0 Å². The van der Waals surface area contributed by atoms with Crippen LogP contribution in [-0.4, -0.2) is 59.2 Å². The molecule has 3 heterocycles. The first-order valence-corrected chi connectivity index (χ1v) is 11.4. The molecule has 0 saturated carbocycles. The van der Waals surface area contributed by atoms with Crippen molar-refractivity contribution in [1.82, 2.24) is 19.8 Å². The van der Waals surface area contributed by atoms with Gasteiger partial charge in [0.1, 0.15) is 0 Å². The van der Waals surface area contributed by atoms with Gasteiger partial charge < -0.3 is 19.9 Å². The Morgan fingerprint density at radius 2 is 2.03 bits per heavy atom. The lowest BCUT2D eigenvalue weighted by molar-refractivity contribution is 0.0949. The van der Waals surface area contributed by atoms with E-state index in [4.69, 9.17) is 4.74 Å². The number of likely N-dealkylation sites (tertiary alicyclic amines) is 1. The fourth-order valence-corrected chi connectivity index (χ4v) is 4.45. The monoisotopic (exact) mass is 428 g/mol. The van der Waals surface area contributed by atoms with Crippen LogP contribution in [0.4, 0.5) is 0 Å². The third-order valence-electron chi connectivity index (χ3n) is 6.47. The number of fused-ring (bicyclic) bond motifs is 1. The number of aromatic amines is 1. The van der Waals surface area contributed by atoms with Gasteiger partial charge in [-0.1, -0.05) is 6.92 Å². The summed E-state index contributed by atoms with van der Waals surface area (Å²) in [6.07, 6.45) is 5.09. The third kappa shape index (κ3) is 5.25. The van der Waals surface area contributed by atoms with Crippen LogP contribution in [0.3, 0.4) is 0 Å². The Balaban J connectivity index is 1.37. The van der Waals surface area contributed by atoms with Gasteiger partial charge in [0.2, 0.25) is 0 Å². The molecule has 0 spiro atoms. The second kappa shape index (κ2) is 9.78. The summed E-state index contributed by atoms with van der Waals surface area (Å²) in [4.78, 5) is 43.0. The fourth-order valence-electron chi connectivity index (χ4n) is 4.45. The average molecular weight is 429 g/mol. The maximum Gasteiger partial charge on any atom is 0.328 e. The van der Waals surface area contributed by atoms with Crippen molar-refractivity contribution in [2.45, 2.75) is 51.7 Å². The van der Waals surface area contributed by atoms with Crippen molar-refractivity contribution in [3.63, 3.8) is 0 Å². The molecule has 8 heteroatoms. The van der Waals surface area contributed by atoms with E-state index in [0.29, 0.717) is 29.6 Å². The molecule has 168 valence electrons. The summed E-state index contributed by atoms with van der Waals surface area (Å²) >= 11 is 0. The summed E-state index contributed by atoms with van der Waals surface area (Å²) in [6, 6.07) is 4.83. The quantitative estimate of drug-likeness (QED) is 0.655. The molecule has 1 amide bonds. The van der Waals surface area contributed by atoms with E-state index in [1.807, 2.05) is 0 Å². The molecular weight excluding hydrogens is 396 g/mol. The zero-order chi connectivity index (χ0) is 21.8. The molecule has 31 heavy (non-hydrogen) atoms. The number of H-pyrrole nitrogens is 1. The molecule has 1 aromatic carbocycles. The molecule has 2 N–H and O–H groups in total. The van der Waals surface area contributed by atoms with Crippen LogP contribution in [0.5, 0.6) is 0 Å². The van der Waals surface area contributed by atoms with E-state index in [0.717, 1.165) is 44.8 Å². The Morgan fingerprint density at radius 1 is 1.23 bits per heavy atom. The molecule has 4 rings (SSSR count). The normalized spacial score (nSPS) is 20.4. The number of carbonyl (C=O) groups is 1. The topological polar surface area (TPSA) is 96.4 Å². The van der Waals surface area contributed by atoms with E-state index in [-0.39, 0.29) is 24.1 Å². The first kappa shape index (κ1) is 21.8. The van der Waals surface area contributed by atoms with Crippen LogP contribution in [-0.2, 0) is 11.3 Å². The van der Waals surface area contributed by atoms with Crippen LogP contribution < -0.4 is 16.6 Å². The van der Waals surface area contributed by atoms with E-state index in [9.17, 15) is 14.4 Å². The molecule has 2 aliphatic heterocycles. The molecule has 2 aromatic rings. The van der Waals surface area contributed by atoms with Crippen LogP contribution in [0.15, 0.2) is 27.8 Å². The molecule has 1 atom stereocenters. The summed E-state index contributed by atoms with van der Waals surface area (Å²) in [6.45, 7) is 7.08. The standard InChI is InChI=1S/C23H32N4O4/c1-16-7-11-26(12-8-16)10-3-9-24-21(28)17-5-6-19-20(14-17)25-23(30)27(22(19)29)15-18-4-2-13-31-18/h5-6,14,16,18H,2-4,7-13,15H2,1H3,(H,24,28)(H,25,30). The summed E-state index contributed by atoms with van der Waals surface area (Å²) in [5.41, 5.74) is -0.00151. The lowest BCUT2D eigenvalue weighted by Crippen LogP contribution is -2.38. The van der Waals surface area contributed by atoms with E-state index < -0.39 is 5.69 Å². The van der Waals surface area contributed by atoms with Gasteiger partial charge in [0.15, 0.2) is 0 Å². The van der Waals surface area contributed by atoms with Crippen molar-refractivity contribution in [1.29, 1.82) is 0 Å². The highest BCUT2D eigenvalue weighted by molar-refractivity contribution is 5.97. The Morgan fingerprint density at radius 3 is 2.77 bits per heavy atom. The minimum atomic E-state index is -0.471. The minimum absolute atomic E-state index is 0.102. The van der Waals surface area contributed by atoms with Gasteiger partial charge in [-0.2, -0.15) is 0 Å². The molecular formula is C23H32N4O4. The second-order valence-electron chi connectivity index (χ2n) is 8.87. The van der Waals surface area contributed by atoms with Crippen LogP contribution in [0, 0.1) is 5.92 Å². The first-order valence-electron chi connectivity index (χ1n) is 11.4. The van der Waals surface area contributed by atoms with Gasteiger partial charge in [0.05, 0.1) is 23.6 Å². The number of ether oxygens (including phenoxy) is 1. The first-order chi connectivity index (χ1) is 15.0. The maximum atomic E-state index is 12.8. The van der Waals surface area contributed by atoms with Gasteiger partial charge in [0, 0.05) is 18.7 Å². The SMILES string of the molecule is CC1CCN(CCCNC(=O)c2ccc3c(=O)n(CC4CCCO4)c(=O)[nH]c3c2)CC1. The van der Waals surface area contributed by atoms with Crippen molar-refractivity contribution in [3.05, 3.63) is 44.6 Å². The molecule has 0 aliphatic carbocycles. The highest BCUT2D eigenvalue weighted by Gasteiger charge is 2.19. The Hall–Kier alpha value is -2.45. The van der Waals surface area contributed by atoms with Crippen molar-refractivity contribution >= 4 is 16.8 Å². The Labute approximate surface area is 181 Å². The van der Waals surface area contributed by atoms with Gasteiger partial charge in [-0.15, -0.1) is 0 Å². The highest BCUT2D eigenvalue weighted by atomic mass is 16.5. The number of amides is 1. The van der Waals surface area contributed by atoms with Gasteiger partial charge >= 0.3 is 5.69 Å². The van der Waals surface area contributed by atoms with E-state index in [1.54, 1.807) is 18.2 Å². The smallest absolute Gasteiger partial charge is 0.328 e. The summed E-state index contributed by atoms with van der Waals surface area (Å²) < 4.78 is 6.74. The van der Waals surface area contributed by atoms with Gasteiger partial charge in [-0.25, -0.2) is 4.79 Å². The van der Waals surface area contributed by atoms with E-state index in [1.165, 1.54) is 17.4 Å². The summed E-state index contributed by atoms with van der Waals surface area (Å²) in [5, 5.41) is 3.34. The van der Waals surface area contributed by atoms with Crippen molar-refractivity contribution < 1.29 is 9.53 Å². The van der Waals surface area contributed by atoms with Crippen LogP contribution >= 0.6 is 0 Å². The second-order valence-corrected chi connectivity index (χ2v) is 8.87. The fraction of sp³-hybridized carbons (Fsp3) is 0.609. The molecule has 2 fully saturated rings. The van der Waals surface area contributed by atoms with Gasteiger partial charge in [0.25, 0.3) is 11.5 Å². The number of hydrogen-bond donors (Lipinski definition) is 2. The predicted octanol–water partition coefficient (Wildman–Crippen LogP) is 1.72. The van der Waals surface area contributed by atoms with Crippen LogP contribution in [0.25, 0.3) is 10.9 Å². The molecule has 1 aromatic heterocycles. The van der Waals surface area contributed by atoms with Crippen molar-refractivity contribution in [2.75, 3.05) is 32.8 Å². The number of aromatic nitrogens is 2. The zero-order valence-corrected chi connectivity index (χ0v) is 18.2. The zero-order valence-electron chi connectivity index (χ0n) is 18.2. The maximum absolute atomic E-state index is 12.8. The number of nitrogens with zero attached hydrogens (tertiary/aromatic N) is 2. The van der Waals surface area contributed by atoms with Crippen LogP contribution in [0.2, 0.25) is 0 Å². The van der Waals surface area contributed by atoms with Gasteiger partial charge in [-0.05, 0) is 75.9 Å². The lowest BCUT2D eigenvalue weighted by atomic mass is 9.99. The lowest BCUT2D eigenvalue weighted by Gasteiger charge is -2.30. The number of nitrogens with one attached hydrogen (secondary N) is 2. The van der Waals surface area contributed by atoms with E-state index >= 15 is 0 Å². The largest absolute Gasteiger partial charge is 0.376 e. The van der Waals surface area contributed by atoms with Crippen molar-refractivity contribution in [2.24, 2.45) is 5.92 Å². The average Bonchev–Trinajstić information content (AvgIpc) is 3.28. The number of piperidine rings is 1. The van der Waals surface area contributed by atoms with E-state index in [2.05, 4.69) is 22.1 Å². The third-order valence-corrected chi connectivity index (χ3v) is 6.47. The highest BCUT2D eigenvalue weighted by Crippen LogP contribution is 2.16. The molecule has 0 radical (unpaired) electrons. The molecule has 8 nitrogen and oxygen atoms in total. The molecule has 1 unspecified atom stereocenters. The number of rotatable bonds is 7. The van der Waals surface area contributed by atoms with Crippen LogP contribution in [0.1, 0.15) is 49.4 Å².